The van der Waals surface area contributed by atoms with E-state index in [0.29, 0.717) is 12.5 Å². The van der Waals surface area contributed by atoms with Crippen LogP contribution in [0, 0.1) is 5.92 Å². The highest BCUT2D eigenvalue weighted by Gasteiger charge is 2.39. The molecule has 0 aromatic heterocycles. The monoisotopic (exact) mass is 202 g/mol. The molecular weight excluding hydrogens is 188 g/mol. The van der Waals surface area contributed by atoms with Gasteiger partial charge in [-0.3, -0.25) is 4.79 Å². The molecule has 2 fully saturated rings. The van der Waals surface area contributed by atoms with Gasteiger partial charge in [-0.15, -0.1) is 0 Å². The quantitative estimate of drug-likeness (QED) is 0.791. The molecule has 1 amide bonds. The minimum Gasteiger partial charge on any atom is -0.273 e. The molecule has 0 spiro atoms. The molecule has 0 radical (unpaired) electrons. The van der Waals surface area contributed by atoms with Crippen molar-refractivity contribution in [2.45, 2.75) is 25.3 Å². The number of hydrogen-bond acceptors (Lipinski definition) is 2. The van der Waals surface area contributed by atoms with Gasteiger partial charge in [-0.05, 0) is 30.9 Å². The summed E-state index contributed by atoms with van der Waals surface area (Å²) in [6, 6.07) is 10.2. The van der Waals surface area contributed by atoms with Gasteiger partial charge in [-0.1, -0.05) is 18.2 Å². The number of benzene rings is 1. The van der Waals surface area contributed by atoms with Crippen LogP contribution in [0.3, 0.4) is 0 Å². The molecule has 1 N–H and O–H groups in total. The van der Waals surface area contributed by atoms with Gasteiger partial charge in [0.15, 0.2) is 0 Å². The van der Waals surface area contributed by atoms with Gasteiger partial charge in [0.2, 0.25) is 5.91 Å². The molecule has 1 saturated heterocycles. The van der Waals surface area contributed by atoms with Gasteiger partial charge in [0.05, 0.1) is 5.69 Å². The molecule has 3 rings (SSSR count). The van der Waals surface area contributed by atoms with E-state index in [2.05, 4.69) is 5.43 Å². The van der Waals surface area contributed by atoms with Crippen LogP contribution in [0.25, 0.3) is 0 Å². The zero-order valence-electron chi connectivity index (χ0n) is 8.52. The largest absolute Gasteiger partial charge is 0.273 e. The number of hydrazine groups is 1. The Labute approximate surface area is 89.1 Å². The smallest absolute Gasteiger partial charge is 0.243 e. The van der Waals surface area contributed by atoms with Crippen molar-refractivity contribution in [1.82, 2.24) is 5.43 Å². The Balaban J connectivity index is 1.79. The Kier molecular flexibility index (Phi) is 1.99. The van der Waals surface area contributed by atoms with Crippen molar-refractivity contribution < 1.29 is 4.79 Å². The number of amides is 1. The van der Waals surface area contributed by atoms with Crippen LogP contribution in [-0.2, 0) is 4.79 Å². The van der Waals surface area contributed by atoms with Crippen molar-refractivity contribution in [3.05, 3.63) is 30.3 Å². The lowest BCUT2D eigenvalue weighted by atomic mass is 10.1. The van der Waals surface area contributed by atoms with Gasteiger partial charge in [0, 0.05) is 12.5 Å². The van der Waals surface area contributed by atoms with Crippen LogP contribution in [-0.4, -0.2) is 11.9 Å². The molecule has 1 aromatic carbocycles. The van der Waals surface area contributed by atoms with Gasteiger partial charge in [0.1, 0.15) is 0 Å². The molecule has 1 atom stereocenters. The normalized spacial score (nSPS) is 26.0. The first-order chi connectivity index (χ1) is 7.34. The van der Waals surface area contributed by atoms with E-state index in [1.54, 1.807) is 5.01 Å². The number of hydrogen-bond donors (Lipinski definition) is 1. The lowest BCUT2D eigenvalue weighted by molar-refractivity contribution is -0.117. The van der Waals surface area contributed by atoms with Crippen LogP contribution in [0.5, 0.6) is 0 Å². The Bertz CT molecular complexity index is 372. The molecule has 1 aromatic rings. The number of nitrogens with one attached hydrogen (secondary N) is 1. The van der Waals surface area contributed by atoms with Crippen LogP contribution in [0.2, 0.25) is 0 Å². The summed E-state index contributed by atoms with van der Waals surface area (Å²) in [6.45, 7) is 0. The van der Waals surface area contributed by atoms with Crippen molar-refractivity contribution in [3.8, 4) is 0 Å². The summed E-state index contributed by atoms with van der Waals surface area (Å²) in [4.78, 5) is 11.8. The van der Waals surface area contributed by atoms with Gasteiger partial charge in [0.25, 0.3) is 0 Å². The second kappa shape index (κ2) is 3.35. The highest BCUT2D eigenvalue weighted by molar-refractivity contribution is 5.94. The molecule has 0 bridgehead atoms. The number of nitrogens with zero attached hydrogens (tertiary/aromatic N) is 1. The van der Waals surface area contributed by atoms with E-state index < -0.39 is 0 Å². The van der Waals surface area contributed by atoms with Gasteiger partial charge >= 0.3 is 0 Å². The average molecular weight is 202 g/mol. The van der Waals surface area contributed by atoms with Gasteiger partial charge in [-0.25, -0.2) is 10.4 Å². The van der Waals surface area contributed by atoms with E-state index >= 15 is 0 Å². The topological polar surface area (TPSA) is 32.3 Å². The van der Waals surface area contributed by atoms with Crippen molar-refractivity contribution in [3.63, 3.8) is 0 Å². The Morgan fingerprint density at radius 1 is 1.20 bits per heavy atom. The van der Waals surface area contributed by atoms with Crippen molar-refractivity contribution >= 4 is 11.6 Å². The maximum Gasteiger partial charge on any atom is 0.243 e. The zero-order valence-corrected chi connectivity index (χ0v) is 8.52. The summed E-state index contributed by atoms with van der Waals surface area (Å²) in [5.41, 5.74) is 4.25. The molecule has 2 aliphatic rings. The minimum absolute atomic E-state index is 0.193. The van der Waals surface area contributed by atoms with Crippen molar-refractivity contribution in [2.24, 2.45) is 5.92 Å². The molecular formula is C12H14N2O. The first-order valence-corrected chi connectivity index (χ1v) is 5.49. The lowest BCUT2D eigenvalue weighted by Crippen LogP contribution is -2.38. The van der Waals surface area contributed by atoms with Gasteiger partial charge in [-0.2, -0.15) is 0 Å². The zero-order chi connectivity index (χ0) is 10.3. The molecule has 3 nitrogen and oxygen atoms in total. The van der Waals surface area contributed by atoms with Crippen LogP contribution < -0.4 is 10.4 Å². The molecule has 15 heavy (non-hydrogen) atoms. The summed E-state index contributed by atoms with van der Waals surface area (Å²) in [6.07, 6.45) is 3.20. The van der Waals surface area contributed by atoms with Crippen molar-refractivity contribution in [1.29, 1.82) is 0 Å². The lowest BCUT2D eigenvalue weighted by Gasteiger charge is -2.17. The maximum atomic E-state index is 11.8. The summed E-state index contributed by atoms with van der Waals surface area (Å²) in [7, 11) is 0. The standard InChI is InChI=1S/C12H14N2O/c15-12-8-11(9-6-7-9)13-14(12)10-4-2-1-3-5-10/h1-5,9,11,13H,6-8H2. The summed E-state index contributed by atoms with van der Waals surface area (Å²) >= 11 is 0. The maximum absolute atomic E-state index is 11.8. The third-order valence-corrected chi connectivity index (χ3v) is 3.14. The summed E-state index contributed by atoms with van der Waals surface area (Å²) in [5, 5.41) is 1.70. The minimum atomic E-state index is 0.193. The molecule has 1 unspecified atom stereocenters. The molecule has 78 valence electrons. The van der Waals surface area contributed by atoms with E-state index in [1.165, 1.54) is 12.8 Å². The van der Waals surface area contributed by atoms with E-state index in [9.17, 15) is 4.79 Å². The fourth-order valence-electron chi connectivity index (χ4n) is 2.13. The van der Waals surface area contributed by atoms with E-state index in [0.717, 1.165) is 11.6 Å². The third kappa shape index (κ3) is 1.63. The van der Waals surface area contributed by atoms with E-state index in [-0.39, 0.29) is 5.91 Å². The fourth-order valence-corrected chi connectivity index (χ4v) is 2.13. The first kappa shape index (κ1) is 8.92. The van der Waals surface area contributed by atoms with Crippen LogP contribution >= 0.6 is 0 Å². The third-order valence-electron chi connectivity index (χ3n) is 3.14. The highest BCUT2D eigenvalue weighted by Crippen LogP contribution is 2.36. The molecule has 1 aliphatic carbocycles. The first-order valence-electron chi connectivity index (χ1n) is 5.49. The van der Waals surface area contributed by atoms with Gasteiger partial charge < -0.3 is 0 Å². The Morgan fingerprint density at radius 2 is 1.93 bits per heavy atom. The van der Waals surface area contributed by atoms with Crippen LogP contribution in [0.15, 0.2) is 30.3 Å². The summed E-state index contributed by atoms with van der Waals surface area (Å²) in [5.74, 6) is 0.917. The number of anilines is 1. The van der Waals surface area contributed by atoms with Crippen molar-refractivity contribution in [2.75, 3.05) is 5.01 Å². The number of carbonyl (C=O) groups is 1. The summed E-state index contributed by atoms with van der Waals surface area (Å²) < 4.78 is 0. The van der Waals surface area contributed by atoms with Crippen LogP contribution in [0.1, 0.15) is 19.3 Å². The molecule has 1 heterocycles. The number of carbonyl (C=O) groups excluding carboxylic acids is 1. The number of para-hydroxylation sites is 1. The van der Waals surface area contributed by atoms with E-state index in [4.69, 9.17) is 0 Å². The predicted molar refractivity (Wildman–Crippen MR) is 58.2 cm³/mol. The number of rotatable bonds is 2. The fraction of sp³-hybridized carbons (Fsp3) is 0.417. The predicted octanol–water partition coefficient (Wildman–Crippen LogP) is 1.71. The SMILES string of the molecule is O=C1CC(C2CC2)NN1c1ccccc1. The highest BCUT2D eigenvalue weighted by atomic mass is 16.2. The second-order valence-corrected chi connectivity index (χ2v) is 4.34. The molecule has 1 aliphatic heterocycles. The Morgan fingerprint density at radius 3 is 2.60 bits per heavy atom. The molecule has 3 heteroatoms. The average Bonchev–Trinajstić information content (AvgIpc) is 3.04. The second-order valence-electron chi connectivity index (χ2n) is 4.34. The van der Waals surface area contributed by atoms with Crippen LogP contribution in [0.4, 0.5) is 5.69 Å². The Hall–Kier alpha value is -1.35. The van der Waals surface area contributed by atoms with E-state index in [1.807, 2.05) is 30.3 Å². The molecule has 1 saturated carbocycles.